The molecule has 0 saturated carbocycles. The van der Waals surface area contributed by atoms with Crippen molar-refractivity contribution in [2.75, 3.05) is 13.2 Å². The van der Waals surface area contributed by atoms with Gasteiger partial charge in [-0.15, -0.1) is 0 Å². The molecule has 0 fully saturated rings. The minimum atomic E-state index is -1.53. The third kappa shape index (κ3) is 14.1. The zero-order valence-corrected chi connectivity index (χ0v) is 12.9. The largest absolute Gasteiger partial charge is 0.304 e. The van der Waals surface area contributed by atoms with Crippen molar-refractivity contribution in [2.24, 2.45) is 0 Å². The second-order valence-electron chi connectivity index (χ2n) is 4.68. The Hall–Kier alpha value is 0.0700. The van der Waals surface area contributed by atoms with E-state index < -0.39 is 11.4 Å². The smallest absolute Gasteiger partial charge is 0.268 e. The van der Waals surface area contributed by atoms with E-state index in [2.05, 4.69) is 13.8 Å². The molecule has 0 aliphatic carbocycles. The van der Waals surface area contributed by atoms with Gasteiger partial charge >= 0.3 is 11.4 Å². The third-order valence-corrected chi connectivity index (χ3v) is 3.57. The number of rotatable bonds is 14. The molecule has 4 heteroatoms. The van der Waals surface area contributed by atoms with Crippen LogP contribution in [0, 0.1) is 0 Å². The van der Waals surface area contributed by atoms with E-state index in [4.69, 9.17) is 8.37 Å². The van der Waals surface area contributed by atoms with Crippen LogP contribution in [0.25, 0.3) is 0 Å². The fraction of sp³-hybridized carbons (Fsp3) is 1.00. The standard InChI is InChI=1S/C14H30O3S/c1-3-5-7-8-9-10-11-12-14-17-18(15)16-13-6-4-2/h3-14H2,1-2H3. The van der Waals surface area contributed by atoms with Gasteiger partial charge in [0.05, 0.1) is 13.2 Å². The second kappa shape index (κ2) is 15.1. The van der Waals surface area contributed by atoms with E-state index in [1.54, 1.807) is 0 Å². The summed E-state index contributed by atoms with van der Waals surface area (Å²) in [5.41, 5.74) is 0. The van der Waals surface area contributed by atoms with Crippen molar-refractivity contribution in [1.29, 1.82) is 0 Å². The average Bonchev–Trinajstić information content (AvgIpc) is 2.37. The molecular formula is C14H30O3S. The van der Waals surface area contributed by atoms with E-state index in [1.807, 2.05) is 0 Å². The van der Waals surface area contributed by atoms with Crippen LogP contribution in [-0.4, -0.2) is 17.4 Å². The molecule has 0 aliphatic rings. The summed E-state index contributed by atoms with van der Waals surface area (Å²) in [6.07, 6.45) is 12.1. The zero-order chi connectivity index (χ0) is 13.5. The molecule has 0 amide bonds. The van der Waals surface area contributed by atoms with Crippen molar-refractivity contribution in [2.45, 2.75) is 78.1 Å². The summed E-state index contributed by atoms with van der Waals surface area (Å²) in [7, 11) is 0. The Balaban J connectivity index is 3.08. The predicted molar refractivity (Wildman–Crippen MR) is 77.6 cm³/mol. The van der Waals surface area contributed by atoms with Crippen LogP contribution >= 0.6 is 0 Å². The molecule has 0 rings (SSSR count). The van der Waals surface area contributed by atoms with Gasteiger partial charge in [-0.1, -0.05) is 65.2 Å². The average molecular weight is 278 g/mol. The van der Waals surface area contributed by atoms with E-state index in [9.17, 15) is 4.21 Å². The van der Waals surface area contributed by atoms with E-state index in [-0.39, 0.29) is 0 Å². The normalized spacial score (nSPS) is 12.8. The van der Waals surface area contributed by atoms with Crippen molar-refractivity contribution >= 4 is 11.4 Å². The van der Waals surface area contributed by atoms with Gasteiger partial charge in [0.25, 0.3) is 0 Å². The molecule has 3 nitrogen and oxygen atoms in total. The van der Waals surface area contributed by atoms with Gasteiger partial charge in [-0.3, -0.25) is 8.37 Å². The van der Waals surface area contributed by atoms with Crippen LogP contribution in [-0.2, 0) is 19.7 Å². The van der Waals surface area contributed by atoms with Gasteiger partial charge in [0, 0.05) is 0 Å². The first-order valence-electron chi connectivity index (χ1n) is 7.49. The molecule has 1 atom stereocenters. The van der Waals surface area contributed by atoms with Crippen molar-refractivity contribution in [3.05, 3.63) is 0 Å². The summed E-state index contributed by atoms with van der Waals surface area (Å²) in [4.78, 5) is 0. The Morgan fingerprint density at radius 1 is 0.667 bits per heavy atom. The quantitative estimate of drug-likeness (QED) is 0.438. The molecule has 1 unspecified atom stereocenters. The molecule has 0 spiro atoms. The fourth-order valence-corrected chi connectivity index (χ4v) is 2.24. The van der Waals surface area contributed by atoms with Crippen molar-refractivity contribution < 1.29 is 12.6 Å². The molecule has 0 aliphatic heterocycles. The summed E-state index contributed by atoms with van der Waals surface area (Å²) < 4.78 is 21.3. The molecule has 0 radical (unpaired) electrons. The van der Waals surface area contributed by atoms with Crippen LogP contribution in [0.4, 0.5) is 0 Å². The molecule has 0 N–H and O–H groups in total. The molecule has 0 heterocycles. The minimum absolute atomic E-state index is 0.528. The summed E-state index contributed by atoms with van der Waals surface area (Å²) >= 11 is -1.53. The number of unbranched alkanes of at least 4 members (excludes halogenated alkanes) is 8. The molecule has 0 bridgehead atoms. The summed E-state index contributed by atoms with van der Waals surface area (Å²) in [6.45, 7) is 5.39. The first-order chi connectivity index (χ1) is 8.81. The lowest BCUT2D eigenvalue weighted by molar-refractivity contribution is 0.242. The van der Waals surface area contributed by atoms with Gasteiger partial charge in [0.1, 0.15) is 0 Å². The molecular weight excluding hydrogens is 248 g/mol. The van der Waals surface area contributed by atoms with Crippen LogP contribution < -0.4 is 0 Å². The highest BCUT2D eigenvalue weighted by Crippen LogP contribution is 2.08. The van der Waals surface area contributed by atoms with Crippen LogP contribution in [0.15, 0.2) is 0 Å². The second-order valence-corrected chi connectivity index (χ2v) is 5.56. The van der Waals surface area contributed by atoms with Crippen LogP contribution in [0.2, 0.25) is 0 Å². The fourth-order valence-electron chi connectivity index (χ4n) is 1.67. The van der Waals surface area contributed by atoms with Crippen molar-refractivity contribution in [3.63, 3.8) is 0 Å². The molecule has 110 valence electrons. The lowest BCUT2D eigenvalue weighted by Gasteiger charge is -2.04. The van der Waals surface area contributed by atoms with E-state index in [1.165, 1.54) is 38.5 Å². The van der Waals surface area contributed by atoms with Crippen LogP contribution in [0.1, 0.15) is 78.1 Å². The van der Waals surface area contributed by atoms with Crippen LogP contribution in [0.3, 0.4) is 0 Å². The molecule has 18 heavy (non-hydrogen) atoms. The Kier molecular flexibility index (Phi) is 15.2. The maximum absolute atomic E-state index is 11.2. The van der Waals surface area contributed by atoms with Crippen molar-refractivity contribution in [3.8, 4) is 0 Å². The van der Waals surface area contributed by atoms with E-state index >= 15 is 0 Å². The Morgan fingerprint density at radius 2 is 1.11 bits per heavy atom. The molecule has 0 saturated heterocycles. The summed E-state index contributed by atoms with van der Waals surface area (Å²) in [5, 5.41) is 0. The maximum atomic E-state index is 11.2. The van der Waals surface area contributed by atoms with Crippen molar-refractivity contribution in [1.82, 2.24) is 0 Å². The van der Waals surface area contributed by atoms with Gasteiger partial charge in [-0.25, -0.2) is 0 Å². The highest BCUT2D eigenvalue weighted by Gasteiger charge is 2.00. The number of hydrogen-bond acceptors (Lipinski definition) is 3. The van der Waals surface area contributed by atoms with Gasteiger partial charge in [-0.2, -0.15) is 4.21 Å². The Labute approximate surface area is 116 Å². The van der Waals surface area contributed by atoms with Gasteiger partial charge < -0.3 is 0 Å². The Morgan fingerprint density at radius 3 is 1.67 bits per heavy atom. The lowest BCUT2D eigenvalue weighted by Crippen LogP contribution is -2.04. The van der Waals surface area contributed by atoms with Gasteiger partial charge in [0.15, 0.2) is 0 Å². The highest BCUT2D eigenvalue weighted by atomic mass is 32.2. The minimum Gasteiger partial charge on any atom is -0.268 e. The number of hydrogen-bond donors (Lipinski definition) is 0. The SMILES string of the molecule is CCCCCCCCCCOS(=O)OCCCC. The predicted octanol–water partition coefficient (Wildman–Crippen LogP) is 4.54. The monoisotopic (exact) mass is 278 g/mol. The first-order valence-corrected chi connectivity index (χ1v) is 8.49. The highest BCUT2D eigenvalue weighted by molar-refractivity contribution is 7.75. The molecule has 0 aromatic carbocycles. The van der Waals surface area contributed by atoms with Crippen LogP contribution in [0.5, 0.6) is 0 Å². The third-order valence-electron chi connectivity index (χ3n) is 2.85. The maximum Gasteiger partial charge on any atom is 0.304 e. The summed E-state index contributed by atoms with van der Waals surface area (Å²) in [5.74, 6) is 0. The van der Waals surface area contributed by atoms with E-state index in [0.29, 0.717) is 13.2 Å². The van der Waals surface area contributed by atoms with Gasteiger partial charge in [-0.05, 0) is 12.8 Å². The first kappa shape index (κ1) is 18.1. The summed E-state index contributed by atoms with van der Waals surface area (Å²) in [6, 6.07) is 0. The topological polar surface area (TPSA) is 35.5 Å². The lowest BCUT2D eigenvalue weighted by atomic mass is 10.1. The van der Waals surface area contributed by atoms with Gasteiger partial charge in [0.2, 0.25) is 0 Å². The zero-order valence-electron chi connectivity index (χ0n) is 12.1. The molecule has 0 aromatic heterocycles. The Bertz CT molecular complexity index is 186. The molecule has 0 aromatic rings. The van der Waals surface area contributed by atoms with E-state index in [0.717, 1.165) is 25.7 Å².